The lowest BCUT2D eigenvalue weighted by atomic mass is 10.2. The second-order valence-electron chi connectivity index (χ2n) is 5.83. The van der Waals surface area contributed by atoms with Gasteiger partial charge in [-0.3, -0.25) is 0 Å². The number of ether oxygens (including phenoxy) is 3. The monoisotopic (exact) mass is 377 g/mol. The van der Waals surface area contributed by atoms with Crippen molar-refractivity contribution in [2.75, 3.05) is 38.8 Å². The molecular formula is C20H27NO4S. The van der Waals surface area contributed by atoms with Crippen LogP contribution in [0.15, 0.2) is 47.5 Å². The van der Waals surface area contributed by atoms with E-state index in [4.69, 9.17) is 14.2 Å². The van der Waals surface area contributed by atoms with Gasteiger partial charge in [-0.05, 0) is 12.5 Å². The molecule has 2 rings (SSSR count). The molecule has 2 aromatic rings. The maximum absolute atomic E-state index is 11.5. The van der Waals surface area contributed by atoms with E-state index in [1.54, 1.807) is 18.0 Å². The zero-order valence-corrected chi connectivity index (χ0v) is 16.3. The molecule has 0 bridgehead atoms. The van der Waals surface area contributed by atoms with Crippen LogP contribution in [0.1, 0.15) is 16.8 Å². The van der Waals surface area contributed by atoms with Gasteiger partial charge in [-0.25, -0.2) is 0 Å². The largest absolute Gasteiger partial charge is 0.619 e. The first-order valence-corrected chi connectivity index (χ1v) is 9.76. The average molecular weight is 378 g/mol. The molecule has 6 heteroatoms. The van der Waals surface area contributed by atoms with Crippen molar-refractivity contribution in [2.24, 2.45) is 0 Å². The number of hydrogen-bond acceptors (Lipinski definition) is 5. The molecule has 0 saturated heterocycles. The van der Waals surface area contributed by atoms with E-state index in [0.29, 0.717) is 39.6 Å². The molecule has 0 atom stereocenters. The first kappa shape index (κ1) is 20.7. The summed E-state index contributed by atoms with van der Waals surface area (Å²) in [6.07, 6.45) is 1.55. The quantitative estimate of drug-likeness (QED) is 0.246. The standard InChI is InChI=1S/C20H27NO4S/c1-17-18(2)21(22)9-8-20(17)26-15-14-24-11-10-23-12-13-25-16-19-6-4-3-5-7-19/h3-9H,10-16H2,1-2H3. The Labute approximate surface area is 159 Å². The summed E-state index contributed by atoms with van der Waals surface area (Å²) in [5.41, 5.74) is 2.95. The van der Waals surface area contributed by atoms with Gasteiger partial charge in [0.15, 0.2) is 11.9 Å². The SMILES string of the molecule is Cc1c(SCCOCCOCCOCc2ccccc2)cc[n+]([O-])c1C. The second-order valence-corrected chi connectivity index (χ2v) is 6.96. The predicted octanol–water partition coefficient (Wildman–Crippen LogP) is 3.28. The highest BCUT2D eigenvalue weighted by Crippen LogP contribution is 2.22. The zero-order chi connectivity index (χ0) is 18.6. The van der Waals surface area contributed by atoms with E-state index >= 15 is 0 Å². The summed E-state index contributed by atoms with van der Waals surface area (Å²) in [6.45, 7) is 7.38. The first-order valence-electron chi connectivity index (χ1n) is 8.78. The van der Waals surface area contributed by atoms with Crippen LogP contribution in [0.4, 0.5) is 0 Å². The molecule has 0 saturated carbocycles. The van der Waals surface area contributed by atoms with E-state index in [-0.39, 0.29) is 0 Å². The molecule has 1 aromatic heterocycles. The lowest BCUT2D eigenvalue weighted by Crippen LogP contribution is -2.30. The highest BCUT2D eigenvalue weighted by Gasteiger charge is 2.08. The minimum Gasteiger partial charge on any atom is -0.619 e. The zero-order valence-electron chi connectivity index (χ0n) is 15.5. The van der Waals surface area contributed by atoms with Crippen LogP contribution in [0.3, 0.4) is 0 Å². The molecule has 1 heterocycles. The summed E-state index contributed by atoms with van der Waals surface area (Å²) in [5.74, 6) is 0.851. The van der Waals surface area contributed by atoms with Crippen LogP contribution >= 0.6 is 11.8 Å². The highest BCUT2D eigenvalue weighted by molar-refractivity contribution is 7.99. The third-order valence-corrected chi connectivity index (χ3v) is 5.07. The fraction of sp³-hybridized carbons (Fsp3) is 0.450. The molecular weight excluding hydrogens is 350 g/mol. The molecule has 0 aliphatic rings. The molecule has 0 aliphatic heterocycles. The number of pyridine rings is 1. The van der Waals surface area contributed by atoms with Crippen LogP contribution < -0.4 is 4.73 Å². The van der Waals surface area contributed by atoms with Crippen LogP contribution in [0.25, 0.3) is 0 Å². The Balaban J connectivity index is 1.43. The minimum absolute atomic E-state index is 0.568. The lowest BCUT2D eigenvalue weighted by Gasteiger charge is -2.09. The molecule has 0 aliphatic carbocycles. The van der Waals surface area contributed by atoms with Gasteiger partial charge < -0.3 is 19.4 Å². The fourth-order valence-electron chi connectivity index (χ4n) is 2.29. The maximum Gasteiger partial charge on any atom is 0.193 e. The van der Waals surface area contributed by atoms with E-state index in [2.05, 4.69) is 0 Å². The van der Waals surface area contributed by atoms with Gasteiger partial charge >= 0.3 is 0 Å². The van der Waals surface area contributed by atoms with Crippen LogP contribution in [-0.2, 0) is 20.8 Å². The Kier molecular flexibility index (Phi) is 9.48. The Morgan fingerprint density at radius 2 is 1.54 bits per heavy atom. The summed E-state index contributed by atoms with van der Waals surface area (Å²) < 4.78 is 17.5. The van der Waals surface area contributed by atoms with E-state index in [0.717, 1.165) is 26.6 Å². The molecule has 5 nitrogen and oxygen atoms in total. The number of rotatable bonds is 12. The van der Waals surface area contributed by atoms with Crippen LogP contribution in [0.5, 0.6) is 0 Å². The fourth-order valence-corrected chi connectivity index (χ4v) is 3.23. The van der Waals surface area contributed by atoms with E-state index in [9.17, 15) is 5.21 Å². The van der Waals surface area contributed by atoms with E-state index < -0.39 is 0 Å². The smallest absolute Gasteiger partial charge is 0.193 e. The van der Waals surface area contributed by atoms with Gasteiger partial charge in [0.2, 0.25) is 0 Å². The molecule has 0 unspecified atom stereocenters. The molecule has 1 aromatic carbocycles. The van der Waals surface area contributed by atoms with Gasteiger partial charge in [0.1, 0.15) is 0 Å². The van der Waals surface area contributed by atoms with Gasteiger partial charge in [0.05, 0.1) is 39.6 Å². The Hall–Kier alpha value is -1.60. The summed E-state index contributed by atoms with van der Waals surface area (Å²) in [4.78, 5) is 1.13. The summed E-state index contributed by atoms with van der Waals surface area (Å²) in [5, 5.41) is 11.5. The van der Waals surface area contributed by atoms with Crippen molar-refractivity contribution in [3.63, 3.8) is 0 Å². The van der Waals surface area contributed by atoms with Gasteiger partial charge in [0.25, 0.3) is 0 Å². The van der Waals surface area contributed by atoms with Crippen LogP contribution in [0.2, 0.25) is 0 Å². The molecule has 0 radical (unpaired) electrons. The first-order chi connectivity index (χ1) is 12.7. The molecule has 0 spiro atoms. The molecule has 142 valence electrons. The average Bonchev–Trinajstić information content (AvgIpc) is 2.66. The molecule has 0 amide bonds. The van der Waals surface area contributed by atoms with Crippen molar-refractivity contribution in [3.8, 4) is 0 Å². The number of thioether (sulfide) groups is 1. The topological polar surface area (TPSA) is 54.6 Å². The Morgan fingerprint density at radius 1 is 0.885 bits per heavy atom. The highest BCUT2D eigenvalue weighted by atomic mass is 32.2. The number of benzene rings is 1. The molecule has 0 N–H and O–H groups in total. The maximum atomic E-state index is 11.5. The summed E-state index contributed by atoms with van der Waals surface area (Å²) >= 11 is 1.70. The number of hydrogen-bond donors (Lipinski definition) is 0. The molecule has 26 heavy (non-hydrogen) atoms. The number of nitrogens with zero attached hydrogens (tertiary/aromatic N) is 1. The van der Waals surface area contributed by atoms with Crippen molar-refractivity contribution in [3.05, 3.63) is 64.6 Å². The number of aromatic nitrogens is 1. The van der Waals surface area contributed by atoms with Crippen LogP contribution in [0, 0.1) is 19.1 Å². The predicted molar refractivity (Wildman–Crippen MR) is 103 cm³/mol. The third-order valence-electron chi connectivity index (χ3n) is 3.94. The second kappa shape index (κ2) is 11.9. The van der Waals surface area contributed by atoms with E-state index in [1.807, 2.05) is 50.2 Å². The van der Waals surface area contributed by atoms with Gasteiger partial charge in [-0.1, -0.05) is 30.3 Å². The van der Waals surface area contributed by atoms with Crippen LogP contribution in [-0.4, -0.2) is 38.8 Å². The van der Waals surface area contributed by atoms with Crippen molar-refractivity contribution in [1.82, 2.24) is 0 Å². The normalized spacial score (nSPS) is 11.0. The summed E-state index contributed by atoms with van der Waals surface area (Å²) in [6, 6.07) is 12.0. The van der Waals surface area contributed by atoms with Crippen molar-refractivity contribution in [2.45, 2.75) is 25.3 Å². The Morgan fingerprint density at radius 3 is 2.27 bits per heavy atom. The van der Waals surface area contributed by atoms with Crippen molar-refractivity contribution >= 4 is 11.8 Å². The third kappa shape index (κ3) is 7.33. The summed E-state index contributed by atoms with van der Waals surface area (Å²) in [7, 11) is 0. The minimum atomic E-state index is 0.568. The lowest BCUT2D eigenvalue weighted by molar-refractivity contribution is -0.613. The van der Waals surface area contributed by atoms with Crippen molar-refractivity contribution in [1.29, 1.82) is 0 Å². The molecule has 0 fully saturated rings. The Bertz CT molecular complexity index is 652. The van der Waals surface area contributed by atoms with Gasteiger partial charge in [-0.15, -0.1) is 11.8 Å². The van der Waals surface area contributed by atoms with Gasteiger partial charge in [-0.2, -0.15) is 4.73 Å². The van der Waals surface area contributed by atoms with Crippen molar-refractivity contribution < 1.29 is 18.9 Å². The van der Waals surface area contributed by atoms with Gasteiger partial charge in [0, 0.05) is 29.2 Å². The van der Waals surface area contributed by atoms with E-state index in [1.165, 1.54) is 5.56 Å².